The van der Waals surface area contributed by atoms with Gasteiger partial charge in [-0.05, 0) is 71.6 Å². The third kappa shape index (κ3) is 4.27. The van der Waals surface area contributed by atoms with Gasteiger partial charge in [-0.25, -0.2) is 4.79 Å². The number of nitrogens with one attached hydrogen (secondary N) is 1. The van der Waals surface area contributed by atoms with Crippen molar-refractivity contribution in [3.05, 3.63) is 57.2 Å². The number of carbonyl (C=O) groups is 1. The fraction of sp³-hybridized carbons (Fsp3) is 0.348. The highest BCUT2D eigenvalue weighted by Crippen LogP contribution is 2.36. The molecule has 2 N–H and O–H groups in total. The predicted molar refractivity (Wildman–Crippen MR) is 121 cm³/mol. The minimum absolute atomic E-state index is 0.332. The number of carboxylic acid groups (broad SMARTS) is 1. The predicted octanol–water partition coefficient (Wildman–Crippen LogP) is 6.14. The first-order chi connectivity index (χ1) is 13.9. The number of hydrogen-bond donors (Lipinski definition) is 2. The van der Waals surface area contributed by atoms with Crippen LogP contribution in [-0.2, 0) is 13.1 Å². The molecular formula is C23H27BrN2O3. The Kier molecular flexibility index (Phi) is 6.52. The van der Waals surface area contributed by atoms with Crippen LogP contribution in [0.15, 0.2) is 34.8 Å². The number of unbranched alkanes of at least 4 members (excludes halogenated alkanes) is 1. The van der Waals surface area contributed by atoms with E-state index in [-0.39, 0.29) is 0 Å². The molecule has 1 aromatic heterocycles. The number of ether oxygens (including phenoxy) is 1. The molecule has 0 radical (unpaired) electrons. The molecule has 0 spiro atoms. The average Bonchev–Trinajstić information content (AvgIpc) is 2.98. The number of anilines is 1. The van der Waals surface area contributed by atoms with Crippen molar-refractivity contribution in [1.82, 2.24) is 4.57 Å². The summed E-state index contributed by atoms with van der Waals surface area (Å²) in [6.07, 6.45) is 2.01. The number of carboxylic acids is 1. The van der Waals surface area contributed by atoms with E-state index in [0.717, 1.165) is 40.8 Å². The molecule has 3 aromatic rings. The van der Waals surface area contributed by atoms with Gasteiger partial charge in [0, 0.05) is 17.6 Å². The van der Waals surface area contributed by atoms with Gasteiger partial charge in [0.05, 0.1) is 34.9 Å². The second kappa shape index (κ2) is 8.91. The number of aromatic nitrogens is 1. The molecule has 1 heterocycles. The van der Waals surface area contributed by atoms with Crippen molar-refractivity contribution < 1.29 is 14.6 Å². The third-order valence-corrected chi connectivity index (χ3v) is 5.98. The van der Waals surface area contributed by atoms with Crippen molar-refractivity contribution in [2.75, 3.05) is 12.4 Å². The number of aryl methyl sites for hydroxylation is 3. The number of halogens is 1. The summed E-state index contributed by atoms with van der Waals surface area (Å²) < 4.78 is 8.35. The maximum absolute atomic E-state index is 12.2. The minimum atomic E-state index is -0.925. The first-order valence-electron chi connectivity index (χ1n) is 9.80. The van der Waals surface area contributed by atoms with Crippen molar-refractivity contribution in [1.29, 1.82) is 0 Å². The van der Waals surface area contributed by atoms with Crippen molar-refractivity contribution in [3.63, 3.8) is 0 Å². The van der Waals surface area contributed by atoms with E-state index < -0.39 is 5.97 Å². The van der Waals surface area contributed by atoms with Crippen molar-refractivity contribution in [3.8, 4) is 5.75 Å². The number of nitrogens with zero attached hydrogens (tertiary/aromatic N) is 1. The molecule has 0 atom stereocenters. The van der Waals surface area contributed by atoms with Crippen LogP contribution in [0.4, 0.5) is 5.69 Å². The fourth-order valence-corrected chi connectivity index (χ4v) is 4.08. The summed E-state index contributed by atoms with van der Waals surface area (Å²) >= 11 is 3.54. The molecular weight excluding hydrogens is 432 g/mol. The Morgan fingerprint density at radius 3 is 2.59 bits per heavy atom. The average molecular weight is 459 g/mol. The molecule has 3 rings (SSSR count). The second-order valence-electron chi connectivity index (χ2n) is 7.29. The number of hydrogen-bond acceptors (Lipinski definition) is 3. The van der Waals surface area contributed by atoms with Gasteiger partial charge in [-0.3, -0.25) is 0 Å². The van der Waals surface area contributed by atoms with Crippen molar-refractivity contribution >= 4 is 38.5 Å². The van der Waals surface area contributed by atoms with Gasteiger partial charge in [0.1, 0.15) is 5.75 Å². The number of benzene rings is 2. The van der Waals surface area contributed by atoms with Crippen molar-refractivity contribution in [2.24, 2.45) is 0 Å². The molecule has 0 aliphatic carbocycles. The van der Waals surface area contributed by atoms with E-state index in [2.05, 4.69) is 58.7 Å². The zero-order chi connectivity index (χ0) is 21.1. The number of methoxy groups -OCH3 is 1. The zero-order valence-electron chi connectivity index (χ0n) is 17.3. The van der Waals surface area contributed by atoms with Gasteiger partial charge >= 0.3 is 5.97 Å². The summed E-state index contributed by atoms with van der Waals surface area (Å²) in [5.74, 6) is -0.298. The Morgan fingerprint density at radius 2 is 1.97 bits per heavy atom. The lowest BCUT2D eigenvalue weighted by molar-refractivity contribution is 0.0697. The quantitative estimate of drug-likeness (QED) is 0.425. The lowest BCUT2D eigenvalue weighted by Gasteiger charge is -2.14. The van der Waals surface area contributed by atoms with Gasteiger partial charge in [-0.15, -0.1) is 0 Å². The molecule has 0 unspecified atom stereocenters. The minimum Gasteiger partial charge on any atom is -0.496 e. The topological polar surface area (TPSA) is 63.5 Å². The van der Waals surface area contributed by atoms with E-state index in [1.54, 1.807) is 7.11 Å². The van der Waals surface area contributed by atoms with Gasteiger partial charge in [-0.2, -0.15) is 0 Å². The molecule has 0 saturated carbocycles. The standard InChI is InChI=1S/C23H27BrN2O3/c1-5-6-9-26-19-12-18(24)21(29-4)11-17(19)22(23(27)28)20(26)13-25-16-8-7-14(2)15(3)10-16/h7-8,10-12,25H,5-6,9,13H2,1-4H3,(H,27,28). The molecule has 0 fully saturated rings. The van der Waals surface area contributed by atoms with Gasteiger partial charge in [0.2, 0.25) is 0 Å². The lowest BCUT2D eigenvalue weighted by atomic mass is 10.1. The van der Waals surface area contributed by atoms with E-state index >= 15 is 0 Å². The molecule has 0 amide bonds. The summed E-state index contributed by atoms with van der Waals surface area (Å²) in [6, 6.07) is 9.96. The maximum atomic E-state index is 12.2. The largest absolute Gasteiger partial charge is 0.496 e. The normalized spacial score (nSPS) is 11.1. The smallest absolute Gasteiger partial charge is 0.338 e. The van der Waals surface area contributed by atoms with E-state index in [1.165, 1.54) is 11.1 Å². The summed E-state index contributed by atoms with van der Waals surface area (Å²) in [7, 11) is 1.59. The number of rotatable bonds is 8. The molecule has 29 heavy (non-hydrogen) atoms. The van der Waals surface area contributed by atoms with Crippen LogP contribution >= 0.6 is 15.9 Å². The van der Waals surface area contributed by atoms with Crippen LogP contribution in [0, 0.1) is 13.8 Å². The SMILES string of the molecule is CCCCn1c(CNc2ccc(C)c(C)c2)c(C(=O)O)c2cc(OC)c(Br)cc21. The van der Waals surface area contributed by atoms with Crippen LogP contribution in [-0.4, -0.2) is 22.8 Å². The molecule has 0 aliphatic rings. The van der Waals surface area contributed by atoms with E-state index in [4.69, 9.17) is 4.74 Å². The van der Waals surface area contributed by atoms with Crippen LogP contribution in [0.1, 0.15) is 46.9 Å². The van der Waals surface area contributed by atoms with E-state index in [9.17, 15) is 9.90 Å². The lowest BCUT2D eigenvalue weighted by Crippen LogP contribution is -2.12. The van der Waals surface area contributed by atoms with E-state index in [0.29, 0.717) is 23.2 Å². The van der Waals surface area contributed by atoms with Crippen LogP contribution in [0.2, 0.25) is 0 Å². The Bertz CT molecular complexity index is 1060. The monoisotopic (exact) mass is 458 g/mol. The van der Waals surface area contributed by atoms with Gasteiger partial charge in [0.25, 0.3) is 0 Å². The summed E-state index contributed by atoms with van der Waals surface area (Å²) in [5.41, 5.74) is 5.43. The fourth-order valence-electron chi connectivity index (χ4n) is 3.59. The summed E-state index contributed by atoms with van der Waals surface area (Å²) in [4.78, 5) is 12.2. The van der Waals surface area contributed by atoms with Gasteiger partial charge in [0.15, 0.2) is 0 Å². The maximum Gasteiger partial charge on any atom is 0.338 e. The highest BCUT2D eigenvalue weighted by molar-refractivity contribution is 9.10. The molecule has 2 aromatic carbocycles. The third-order valence-electron chi connectivity index (χ3n) is 5.36. The van der Waals surface area contributed by atoms with Crippen LogP contribution in [0.3, 0.4) is 0 Å². The highest BCUT2D eigenvalue weighted by atomic mass is 79.9. The van der Waals surface area contributed by atoms with Gasteiger partial charge < -0.3 is 19.7 Å². The summed E-state index contributed by atoms with van der Waals surface area (Å²) in [5, 5.41) is 14.1. The van der Waals surface area contributed by atoms with Gasteiger partial charge in [-0.1, -0.05) is 19.4 Å². The Morgan fingerprint density at radius 1 is 1.21 bits per heavy atom. The Hall–Kier alpha value is -2.47. The van der Waals surface area contributed by atoms with Crippen LogP contribution < -0.4 is 10.1 Å². The Balaban J connectivity index is 2.12. The first kappa shape index (κ1) is 21.2. The Labute approximate surface area is 179 Å². The second-order valence-corrected chi connectivity index (χ2v) is 8.14. The number of fused-ring (bicyclic) bond motifs is 1. The first-order valence-corrected chi connectivity index (χ1v) is 10.6. The highest BCUT2D eigenvalue weighted by Gasteiger charge is 2.23. The molecule has 0 bridgehead atoms. The zero-order valence-corrected chi connectivity index (χ0v) is 18.9. The molecule has 0 aliphatic heterocycles. The number of aromatic carboxylic acids is 1. The van der Waals surface area contributed by atoms with Crippen LogP contribution in [0.25, 0.3) is 10.9 Å². The van der Waals surface area contributed by atoms with Crippen molar-refractivity contribution in [2.45, 2.75) is 46.7 Å². The summed E-state index contributed by atoms with van der Waals surface area (Å²) in [6.45, 7) is 7.49. The molecule has 6 heteroatoms. The molecule has 0 saturated heterocycles. The molecule has 5 nitrogen and oxygen atoms in total. The van der Waals surface area contributed by atoms with E-state index in [1.807, 2.05) is 18.2 Å². The molecule has 154 valence electrons. The van der Waals surface area contributed by atoms with Crippen LogP contribution in [0.5, 0.6) is 5.75 Å².